The molecule has 0 radical (unpaired) electrons. The Morgan fingerprint density at radius 1 is 0.933 bits per heavy atom. The van der Waals surface area contributed by atoms with Crippen LogP contribution in [0.1, 0.15) is 26.3 Å². The van der Waals surface area contributed by atoms with Gasteiger partial charge in [-0.1, -0.05) is 57.2 Å². The Hall–Kier alpha value is -2.86. The number of rotatable bonds is 4. The third-order valence-electron chi connectivity index (χ3n) is 5.51. The molecule has 1 fully saturated rings. The number of urea groups is 1. The largest absolute Gasteiger partial charge is 0.322 e. The van der Waals surface area contributed by atoms with Crippen LogP contribution in [0, 0.1) is 0 Å². The number of nitrogens with zero attached hydrogens (tertiary/aromatic N) is 3. The number of likely N-dealkylation sites (N-methyl/N-ethyl adjacent to an activating group) is 1. The van der Waals surface area contributed by atoms with E-state index in [4.69, 9.17) is 0 Å². The number of anilines is 2. The monoisotopic (exact) mass is 408 g/mol. The van der Waals surface area contributed by atoms with Gasteiger partial charge in [-0.25, -0.2) is 4.79 Å². The molecule has 0 saturated carbocycles. The minimum Gasteiger partial charge on any atom is -0.322 e. The summed E-state index contributed by atoms with van der Waals surface area (Å²) in [7, 11) is 1.80. The lowest BCUT2D eigenvalue weighted by Gasteiger charge is -2.35. The molecule has 0 aromatic heterocycles. The van der Waals surface area contributed by atoms with E-state index in [1.54, 1.807) is 11.9 Å². The third-order valence-corrected chi connectivity index (χ3v) is 5.51. The van der Waals surface area contributed by atoms with Gasteiger partial charge in [-0.3, -0.25) is 9.69 Å². The van der Waals surface area contributed by atoms with E-state index >= 15 is 0 Å². The van der Waals surface area contributed by atoms with Gasteiger partial charge < -0.3 is 15.1 Å². The topological polar surface area (TPSA) is 55.9 Å². The highest BCUT2D eigenvalue weighted by molar-refractivity contribution is 5.94. The van der Waals surface area contributed by atoms with Crippen molar-refractivity contribution >= 4 is 23.3 Å². The number of carbonyl (C=O) groups excluding carboxylic acids is 2. The third kappa shape index (κ3) is 5.39. The molecule has 1 saturated heterocycles. The molecule has 30 heavy (non-hydrogen) atoms. The summed E-state index contributed by atoms with van der Waals surface area (Å²) in [5.74, 6) is 0.0539. The number of amides is 3. The van der Waals surface area contributed by atoms with E-state index in [1.165, 1.54) is 0 Å². The Morgan fingerprint density at radius 3 is 2.17 bits per heavy atom. The molecular formula is C24H32N4O2. The molecule has 2 aromatic carbocycles. The van der Waals surface area contributed by atoms with Crippen LogP contribution in [0.4, 0.5) is 16.2 Å². The molecule has 0 unspecified atom stereocenters. The molecule has 1 heterocycles. The molecule has 3 rings (SSSR count). The van der Waals surface area contributed by atoms with E-state index < -0.39 is 0 Å². The normalized spacial score (nSPS) is 15.0. The smallest absolute Gasteiger partial charge is 0.321 e. The van der Waals surface area contributed by atoms with Gasteiger partial charge in [-0.2, -0.15) is 0 Å². The van der Waals surface area contributed by atoms with Crippen LogP contribution in [0.5, 0.6) is 0 Å². The molecule has 160 valence electrons. The maximum absolute atomic E-state index is 12.8. The fraction of sp³-hybridized carbons (Fsp3) is 0.417. The predicted octanol–water partition coefficient (Wildman–Crippen LogP) is 3.80. The van der Waals surface area contributed by atoms with Gasteiger partial charge in [0.1, 0.15) is 0 Å². The number of benzene rings is 2. The fourth-order valence-electron chi connectivity index (χ4n) is 3.64. The SMILES string of the molecule is CN(C(=O)CN1CCN(C(=O)Nc2ccccc2C(C)(C)C)CC1)c1ccccc1. The van der Waals surface area contributed by atoms with Crippen molar-refractivity contribution in [2.24, 2.45) is 0 Å². The van der Waals surface area contributed by atoms with Crippen molar-refractivity contribution in [2.75, 3.05) is 50.0 Å². The minimum atomic E-state index is -0.0842. The van der Waals surface area contributed by atoms with Crippen molar-refractivity contribution in [3.8, 4) is 0 Å². The van der Waals surface area contributed by atoms with Gasteiger partial charge in [0.2, 0.25) is 5.91 Å². The van der Waals surface area contributed by atoms with Crippen LogP contribution in [-0.2, 0) is 10.2 Å². The van der Waals surface area contributed by atoms with Gasteiger partial charge in [-0.15, -0.1) is 0 Å². The highest BCUT2D eigenvalue weighted by Gasteiger charge is 2.25. The molecule has 1 aliphatic heterocycles. The van der Waals surface area contributed by atoms with E-state index in [2.05, 4.69) is 37.1 Å². The molecule has 6 nitrogen and oxygen atoms in total. The first-order valence-electron chi connectivity index (χ1n) is 10.4. The molecule has 1 aliphatic rings. The average molecular weight is 409 g/mol. The Bertz CT molecular complexity index is 868. The predicted molar refractivity (Wildman–Crippen MR) is 122 cm³/mol. The van der Waals surface area contributed by atoms with Crippen LogP contribution in [0.3, 0.4) is 0 Å². The Morgan fingerprint density at radius 2 is 1.53 bits per heavy atom. The van der Waals surface area contributed by atoms with Crippen LogP contribution >= 0.6 is 0 Å². The lowest BCUT2D eigenvalue weighted by molar-refractivity contribution is -0.119. The van der Waals surface area contributed by atoms with Crippen molar-refractivity contribution in [3.05, 3.63) is 60.2 Å². The van der Waals surface area contributed by atoms with Gasteiger partial charge >= 0.3 is 6.03 Å². The van der Waals surface area contributed by atoms with Gasteiger partial charge in [0.05, 0.1) is 6.54 Å². The number of hydrogen-bond acceptors (Lipinski definition) is 3. The summed E-state index contributed by atoms with van der Waals surface area (Å²) >= 11 is 0. The second kappa shape index (κ2) is 9.30. The molecule has 0 atom stereocenters. The Kier molecular flexibility index (Phi) is 6.77. The van der Waals surface area contributed by atoms with Crippen molar-refractivity contribution in [1.29, 1.82) is 0 Å². The minimum absolute atomic E-state index is 0.0479. The number of piperazine rings is 1. The first-order valence-corrected chi connectivity index (χ1v) is 10.4. The fourth-order valence-corrected chi connectivity index (χ4v) is 3.64. The van der Waals surface area contributed by atoms with Crippen molar-refractivity contribution in [1.82, 2.24) is 9.80 Å². The summed E-state index contributed by atoms with van der Waals surface area (Å²) in [6.07, 6.45) is 0. The molecule has 3 amide bonds. The molecule has 0 bridgehead atoms. The van der Waals surface area contributed by atoms with Crippen molar-refractivity contribution in [2.45, 2.75) is 26.2 Å². The van der Waals surface area contributed by atoms with Crippen LogP contribution in [-0.4, -0.2) is 61.5 Å². The van der Waals surface area contributed by atoms with Crippen molar-refractivity contribution in [3.63, 3.8) is 0 Å². The molecule has 6 heteroatoms. The van der Waals surface area contributed by atoms with E-state index in [0.29, 0.717) is 32.7 Å². The van der Waals surface area contributed by atoms with Gasteiger partial charge in [0.15, 0.2) is 0 Å². The maximum atomic E-state index is 12.8. The zero-order valence-electron chi connectivity index (χ0n) is 18.4. The zero-order valence-corrected chi connectivity index (χ0v) is 18.4. The van der Waals surface area contributed by atoms with E-state index in [1.807, 2.05) is 53.4 Å². The summed E-state index contributed by atoms with van der Waals surface area (Å²) in [5.41, 5.74) is 2.81. The number of para-hydroxylation sites is 2. The summed E-state index contributed by atoms with van der Waals surface area (Å²) in [6, 6.07) is 17.5. The molecule has 2 aromatic rings. The first-order chi connectivity index (χ1) is 14.3. The standard InChI is InChI=1S/C24H32N4O2/c1-24(2,3)20-12-8-9-13-21(20)25-23(30)28-16-14-27(15-17-28)18-22(29)26(4)19-10-6-5-7-11-19/h5-13H,14-18H2,1-4H3,(H,25,30). The summed E-state index contributed by atoms with van der Waals surface area (Å²) in [4.78, 5) is 31.0. The van der Waals surface area contributed by atoms with Crippen LogP contribution in [0.15, 0.2) is 54.6 Å². The quantitative estimate of drug-likeness (QED) is 0.837. The second-order valence-corrected chi connectivity index (χ2v) is 8.78. The van der Waals surface area contributed by atoms with Crippen molar-refractivity contribution < 1.29 is 9.59 Å². The maximum Gasteiger partial charge on any atom is 0.321 e. The average Bonchev–Trinajstić information content (AvgIpc) is 2.74. The molecular weight excluding hydrogens is 376 g/mol. The number of nitrogens with one attached hydrogen (secondary N) is 1. The summed E-state index contributed by atoms with van der Waals surface area (Å²) < 4.78 is 0. The summed E-state index contributed by atoms with van der Waals surface area (Å²) in [5, 5.41) is 3.08. The summed E-state index contributed by atoms with van der Waals surface area (Å²) in [6.45, 7) is 9.34. The van der Waals surface area contributed by atoms with Gasteiger partial charge in [0, 0.05) is 44.6 Å². The van der Waals surface area contributed by atoms with E-state index in [0.717, 1.165) is 16.9 Å². The lowest BCUT2D eigenvalue weighted by Crippen LogP contribution is -2.52. The van der Waals surface area contributed by atoms with E-state index in [-0.39, 0.29) is 17.4 Å². The highest BCUT2D eigenvalue weighted by atomic mass is 16.2. The van der Waals surface area contributed by atoms with Gasteiger partial charge in [0.25, 0.3) is 0 Å². The van der Waals surface area contributed by atoms with Crippen LogP contribution in [0.25, 0.3) is 0 Å². The van der Waals surface area contributed by atoms with Gasteiger partial charge in [-0.05, 0) is 29.2 Å². The van der Waals surface area contributed by atoms with Crippen LogP contribution < -0.4 is 10.2 Å². The second-order valence-electron chi connectivity index (χ2n) is 8.78. The van der Waals surface area contributed by atoms with E-state index in [9.17, 15) is 9.59 Å². The molecule has 0 spiro atoms. The number of hydrogen-bond donors (Lipinski definition) is 1. The Labute approximate surface area is 179 Å². The number of carbonyl (C=O) groups is 2. The lowest BCUT2D eigenvalue weighted by atomic mass is 9.86. The first kappa shape index (κ1) is 21.8. The molecule has 1 N–H and O–H groups in total. The van der Waals surface area contributed by atoms with Crippen LogP contribution in [0.2, 0.25) is 0 Å². The Balaban J connectivity index is 1.52. The molecule has 0 aliphatic carbocycles. The highest BCUT2D eigenvalue weighted by Crippen LogP contribution is 2.29. The zero-order chi connectivity index (χ0) is 21.7.